The van der Waals surface area contributed by atoms with Gasteiger partial charge in [-0.1, -0.05) is 26.0 Å². The lowest BCUT2D eigenvalue weighted by Crippen LogP contribution is -2.49. The van der Waals surface area contributed by atoms with Crippen LogP contribution in [-0.4, -0.2) is 47.6 Å². The van der Waals surface area contributed by atoms with Gasteiger partial charge in [0.15, 0.2) is 6.10 Å². The van der Waals surface area contributed by atoms with Crippen LogP contribution < -0.4 is 0 Å². The highest BCUT2D eigenvalue weighted by Crippen LogP contribution is 2.50. The molecule has 0 spiro atoms. The van der Waals surface area contributed by atoms with E-state index in [0.29, 0.717) is 0 Å². The number of aromatic carboxylic acids is 1. The third-order valence-corrected chi connectivity index (χ3v) is 5.15. The number of carboxylic acids is 1. The highest BCUT2D eigenvalue weighted by molar-refractivity contribution is 6.01. The molecule has 4 aliphatic rings. The quantitative estimate of drug-likeness (QED) is 0.847. The van der Waals surface area contributed by atoms with Crippen molar-refractivity contribution in [3.8, 4) is 0 Å². The average molecular weight is 316 g/mol. The molecule has 0 amide bonds. The normalized spacial score (nSPS) is 40.0. The van der Waals surface area contributed by atoms with Crippen LogP contribution in [-0.2, 0) is 14.2 Å². The van der Waals surface area contributed by atoms with Crippen LogP contribution in [0.25, 0.3) is 0 Å². The predicted octanol–water partition coefficient (Wildman–Crippen LogP) is 1.33. The van der Waals surface area contributed by atoms with Gasteiger partial charge in [0.2, 0.25) is 0 Å². The summed E-state index contributed by atoms with van der Waals surface area (Å²) in [6.07, 6.45) is -0.931. The molecule has 1 N–H and O–H groups in total. The van der Waals surface area contributed by atoms with Gasteiger partial charge in [0.05, 0.1) is 17.8 Å². The first-order chi connectivity index (χ1) is 11.0. The Labute approximate surface area is 133 Å². The lowest BCUT2D eigenvalue weighted by molar-refractivity contribution is -0.152. The molecule has 6 nitrogen and oxygen atoms in total. The average Bonchev–Trinajstić information content (AvgIpc) is 2.96. The molecule has 0 aliphatic carbocycles. The van der Waals surface area contributed by atoms with Gasteiger partial charge >= 0.3 is 11.9 Å². The maximum absolute atomic E-state index is 12.4. The van der Waals surface area contributed by atoms with Gasteiger partial charge < -0.3 is 19.3 Å². The number of carbonyl (C=O) groups is 2. The minimum absolute atomic E-state index is 0.0655. The van der Waals surface area contributed by atoms with Gasteiger partial charge in [-0.25, -0.2) is 9.59 Å². The summed E-state index contributed by atoms with van der Waals surface area (Å²) in [6.45, 7) is 4.10. The molecule has 6 heteroatoms. The molecule has 5 rings (SSSR count). The SMILES string of the molecule is CC1C2OC3C(OC1C3OC(=O)c1c#cccc1C(=O)O)C2C. The van der Waals surface area contributed by atoms with Gasteiger partial charge in [0, 0.05) is 11.8 Å². The molecule has 4 aliphatic heterocycles. The van der Waals surface area contributed by atoms with Gasteiger partial charge in [-0.15, -0.1) is 0 Å². The van der Waals surface area contributed by atoms with E-state index in [1.165, 1.54) is 12.1 Å². The van der Waals surface area contributed by atoms with Crippen LogP contribution in [0.2, 0.25) is 0 Å². The number of carbonyl (C=O) groups excluding carboxylic acids is 1. The summed E-state index contributed by atoms with van der Waals surface area (Å²) in [5.74, 6) is -1.54. The summed E-state index contributed by atoms with van der Waals surface area (Å²) in [5.41, 5.74) is -0.275. The molecule has 7 atom stereocenters. The second-order valence-corrected chi connectivity index (χ2v) is 6.42. The Kier molecular flexibility index (Phi) is 3.12. The largest absolute Gasteiger partial charge is 0.478 e. The van der Waals surface area contributed by atoms with Gasteiger partial charge in [-0.05, 0) is 12.1 Å². The highest BCUT2D eigenvalue weighted by atomic mass is 16.6. The number of ether oxygens (including phenoxy) is 3. The van der Waals surface area contributed by atoms with Crippen molar-refractivity contribution >= 4 is 11.9 Å². The van der Waals surface area contributed by atoms with Crippen molar-refractivity contribution in [1.29, 1.82) is 0 Å². The maximum atomic E-state index is 12.4. The first kappa shape index (κ1) is 14.5. The van der Waals surface area contributed by atoms with E-state index in [4.69, 9.17) is 14.2 Å². The predicted molar refractivity (Wildman–Crippen MR) is 75.9 cm³/mol. The number of hydrogen-bond acceptors (Lipinski definition) is 5. The van der Waals surface area contributed by atoms with Crippen molar-refractivity contribution < 1.29 is 28.9 Å². The first-order valence-electron chi connectivity index (χ1n) is 7.66. The molecular formula is C17H16O6. The first-order valence-corrected chi connectivity index (χ1v) is 7.66. The Bertz CT molecular complexity index is 667. The van der Waals surface area contributed by atoms with Crippen LogP contribution >= 0.6 is 0 Å². The van der Waals surface area contributed by atoms with Gasteiger partial charge in [-0.3, -0.25) is 0 Å². The van der Waals surface area contributed by atoms with E-state index in [1.807, 2.05) is 6.92 Å². The molecule has 4 fully saturated rings. The van der Waals surface area contributed by atoms with Crippen molar-refractivity contribution in [3.05, 3.63) is 35.4 Å². The highest BCUT2D eigenvalue weighted by Gasteiger charge is 2.65. The van der Waals surface area contributed by atoms with E-state index in [0.717, 1.165) is 0 Å². The van der Waals surface area contributed by atoms with Crippen LogP contribution in [0, 0.1) is 24.0 Å². The smallest absolute Gasteiger partial charge is 0.348 e. The third kappa shape index (κ3) is 1.97. The molecule has 0 saturated carbocycles. The number of carboxylic acid groups (broad SMARTS) is 1. The maximum Gasteiger partial charge on any atom is 0.348 e. The molecule has 1 aromatic rings. The van der Waals surface area contributed by atoms with Crippen LogP contribution in [0.3, 0.4) is 0 Å². The zero-order chi connectivity index (χ0) is 16.3. The standard InChI is InChI=1S/C17H16O6/c1-7-11-8(2)13-15(14(21-11)12(7)22-13)23-17(20)10-6-4-3-5-9(10)16(18)19/h3,5,7-8,11-15H,1-2H3,(H,18,19). The lowest BCUT2D eigenvalue weighted by atomic mass is 9.87. The molecule has 0 aromatic heterocycles. The molecule has 4 saturated heterocycles. The van der Waals surface area contributed by atoms with E-state index < -0.39 is 18.0 Å². The number of rotatable bonds is 3. The summed E-state index contributed by atoms with van der Waals surface area (Å²) in [7, 11) is 0. The van der Waals surface area contributed by atoms with Crippen molar-refractivity contribution in [1.82, 2.24) is 0 Å². The Morgan fingerprint density at radius 3 is 2.57 bits per heavy atom. The molecule has 23 heavy (non-hydrogen) atoms. The van der Waals surface area contributed by atoms with Crippen LogP contribution in [0.4, 0.5) is 0 Å². The second-order valence-electron chi connectivity index (χ2n) is 6.42. The topological polar surface area (TPSA) is 82.1 Å². The monoisotopic (exact) mass is 316 g/mol. The molecule has 1 aromatic carbocycles. The van der Waals surface area contributed by atoms with Crippen LogP contribution in [0.15, 0.2) is 12.1 Å². The minimum atomic E-state index is -1.20. The van der Waals surface area contributed by atoms with Crippen molar-refractivity contribution in [2.75, 3.05) is 0 Å². The molecule has 4 bridgehead atoms. The van der Waals surface area contributed by atoms with E-state index in [2.05, 4.69) is 19.1 Å². The molecular weight excluding hydrogens is 300 g/mol. The fraction of sp³-hybridized carbons (Fsp3) is 0.529. The molecule has 7 unspecified atom stereocenters. The Morgan fingerprint density at radius 2 is 1.83 bits per heavy atom. The van der Waals surface area contributed by atoms with Crippen molar-refractivity contribution in [3.63, 3.8) is 0 Å². The van der Waals surface area contributed by atoms with Crippen molar-refractivity contribution in [2.45, 2.75) is 44.4 Å². The third-order valence-electron chi connectivity index (χ3n) is 5.15. The van der Waals surface area contributed by atoms with Gasteiger partial charge in [0.25, 0.3) is 0 Å². The molecule has 120 valence electrons. The Hall–Kier alpha value is -2.10. The number of esters is 1. The Balaban J connectivity index is 1.58. The van der Waals surface area contributed by atoms with Crippen molar-refractivity contribution in [2.24, 2.45) is 11.8 Å². The van der Waals surface area contributed by atoms with Crippen LogP contribution in [0.5, 0.6) is 0 Å². The fourth-order valence-electron chi connectivity index (χ4n) is 4.04. The van der Waals surface area contributed by atoms with E-state index in [9.17, 15) is 14.7 Å². The van der Waals surface area contributed by atoms with Crippen LogP contribution in [0.1, 0.15) is 34.6 Å². The lowest BCUT2D eigenvalue weighted by Gasteiger charge is -2.38. The van der Waals surface area contributed by atoms with E-state index in [-0.39, 0.29) is 47.4 Å². The summed E-state index contributed by atoms with van der Waals surface area (Å²) in [6, 6.07) is 7.83. The van der Waals surface area contributed by atoms with Gasteiger partial charge in [0.1, 0.15) is 17.8 Å². The fourth-order valence-corrected chi connectivity index (χ4v) is 4.04. The minimum Gasteiger partial charge on any atom is -0.478 e. The summed E-state index contributed by atoms with van der Waals surface area (Å²) >= 11 is 0. The summed E-state index contributed by atoms with van der Waals surface area (Å²) in [5, 5.41) is 9.17. The molecule has 4 heterocycles. The molecule has 0 radical (unpaired) electrons. The summed E-state index contributed by atoms with van der Waals surface area (Å²) < 4.78 is 17.5. The second kappa shape index (κ2) is 4.95. The Morgan fingerprint density at radius 1 is 1.13 bits per heavy atom. The van der Waals surface area contributed by atoms with E-state index >= 15 is 0 Å². The number of hydrogen-bond donors (Lipinski definition) is 1. The van der Waals surface area contributed by atoms with Gasteiger partial charge in [-0.2, -0.15) is 0 Å². The zero-order valence-corrected chi connectivity index (χ0v) is 12.7. The zero-order valence-electron chi connectivity index (χ0n) is 12.7. The van der Waals surface area contributed by atoms with E-state index in [1.54, 1.807) is 0 Å². The summed E-state index contributed by atoms with van der Waals surface area (Å²) in [4.78, 5) is 23.6.